The van der Waals surface area contributed by atoms with Gasteiger partial charge in [-0.1, -0.05) is 89.5 Å². The molecule has 0 aliphatic rings. The molecule has 206 valence electrons. The van der Waals surface area contributed by atoms with Gasteiger partial charge in [0.05, 0.1) is 18.6 Å². The Labute approximate surface area is 229 Å². The summed E-state index contributed by atoms with van der Waals surface area (Å²) in [6, 6.07) is 15.2. The fourth-order valence-electron chi connectivity index (χ4n) is 4.06. The lowest BCUT2D eigenvalue weighted by Crippen LogP contribution is -2.24. The van der Waals surface area contributed by atoms with Crippen LogP contribution in [0.15, 0.2) is 48.5 Å². The lowest BCUT2D eigenvalue weighted by atomic mass is 10.0. The van der Waals surface area contributed by atoms with E-state index in [0.717, 1.165) is 49.2 Å². The summed E-state index contributed by atoms with van der Waals surface area (Å²) in [7, 11) is 0. The standard InChI is InChI=1S/C33H44O5/c1-4-7-10-11-12-13-15-26-36-30-24-22-28(23-25-30)27-18-20-29(21-19-27)33(35)38-32(17-14-8-5-2)37-31(34)16-9-6-3/h3,18-25,32H,4-5,7-17,26H2,1-2H3. The number of terminal acetylenes is 1. The molecule has 0 bridgehead atoms. The molecule has 38 heavy (non-hydrogen) atoms. The maximum atomic E-state index is 12.7. The van der Waals surface area contributed by atoms with Gasteiger partial charge in [0.2, 0.25) is 6.29 Å². The highest BCUT2D eigenvalue weighted by Crippen LogP contribution is 2.24. The van der Waals surface area contributed by atoms with E-state index in [9.17, 15) is 9.59 Å². The zero-order valence-corrected chi connectivity index (χ0v) is 23.2. The maximum absolute atomic E-state index is 12.7. The van der Waals surface area contributed by atoms with Gasteiger partial charge in [-0.2, -0.15) is 0 Å². The fourth-order valence-corrected chi connectivity index (χ4v) is 4.06. The first-order valence-corrected chi connectivity index (χ1v) is 14.2. The third-order valence-corrected chi connectivity index (χ3v) is 6.34. The van der Waals surface area contributed by atoms with E-state index in [2.05, 4.69) is 19.8 Å². The molecule has 1 unspecified atom stereocenters. The van der Waals surface area contributed by atoms with Gasteiger partial charge in [0.25, 0.3) is 0 Å². The molecule has 0 spiro atoms. The first-order chi connectivity index (χ1) is 18.6. The number of hydrogen-bond donors (Lipinski definition) is 0. The van der Waals surface area contributed by atoms with E-state index < -0.39 is 18.2 Å². The molecule has 0 aromatic heterocycles. The van der Waals surface area contributed by atoms with Crippen molar-refractivity contribution in [3.8, 4) is 29.2 Å². The quantitative estimate of drug-likeness (QED) is 0.0804. The summed E-state index contributed by atoms with van der Waals surface area (Å²) in [6.45, 7) is 5.06. The van der Waals surface area contributed by atoms with Crippen molar-refractivity contribution in [2.45, 2.75) is 104 Å². The van der Waals surface area contributed by atoms with Crippen molar-refractivity contribution in [3.05, 3.63) is 54.1 Å². The van der Waals surface area contributed by atoms with Crippen LogP contribution in [0.2, 0.25) is 0 Å². The van der Waals surface area contributed by atoms with E-state index in [1.807, 2.05) is 36.4 Å². The van der Waals surface area contributed by atoms with Crippen LogP contribution in [0.4, 0.5) is 0 Å². The number of carbonyl (C=O) groups excluding carboxylic acids is 2. The Morgan fingerprint density at radius 2 is 1.34 bits per heavy atom. The minimum absolute atomic E-state index is 0.107. The highest BCUT2D eigenvalue weighted by atomic mass is 16.7. The van der Waals surface area contributed by atoms with E-state index in [0.29, 0.717) is 18.4 Å². The number of benzene rings is 2. The molecule has 0 amide bonds. The summed E-state index contributed by atoms with van der Waals surface area (Å²) >= 11 is 0. The Bertz CT molecular complexity index is 972. The van der Waals surface area contributed by atoms with E-state index >= 15 is 0 Å². The van der Waals surface area contributed by atoms with Crippen molar-refractivity contribution in [3.63, 3.8) is 0 Å². The van der Waals surface area contributed by atoms with Gasteiger partial charge in [-0.3, -0.25) is 4.79 Å². The summed E-state index contributed by atoms with van der Waals surface area (Å²) in [5, 5.41) is 0. The molecule has 5 heteroatoms. The zero-order valence-electron chi connectivity index (χ0n) is 23.2. The molecule has 0 aliphatic heterocycles. The second-order valence-electron chi connectivity index (χ2n) is 9.60. The van der Waals surface area contributed by atoms with E-state index in [1.54, 1.807) is 12.1 Å². The summed E-state index contributed by atoms with van der Waals surface area (Å²) in [5.41, 5.74) is 2.43. The van der Waals surface area contributed by atoms with Crippen LogP contribution >= 0.6 is 0 Å². The van der Waals surface area contributed by atoms with Crippen LogP contribution in [-0.4, -0.2) is 24.8 Å². The van der Waals surface area contributed by atoms with Crippen molar-refractivity contribution < 1.29 is 23.8 Å². The molecular weight excluding hydrogens is 476 g/mol. The van der Waals surface area contributed by atoms with Crippen molar-refractivity contribution in [1.29, 1.82) is 0 Å². The zero-order chi connectivity index (χ0) is 27.4. The first-order valence-electron chi connectivity index (χ1n) is 14.2. The maximum Gasteiger partial charge on any atom is 0.341 e. The number of rotatable bonds is 19. The largest absolute Gasteiger partial charge is 0.494 e. The number of unbranched alkanes of at least 4 members (excludes halogenated alkanes) is 8. The molecule has 0 aliphatic carbocycles. The molecule has 1 atom stereocenters. The normalized spacial score (nSPS) is 11.4. The van der Waals surface area contributed by atoms with Gasteiger partial charge in [0.15, 0.2) is 0 Å². The van der Waals surface area contributed by atoms with Gasteiger partial charge < -0.3 is 14.2 Å². The molecule has 2 aromatic carbocycles. The molecule has 0 saturated carbocycles. The third kappa shape index (κ3) is 12.3. The molecule has 2 rings (SSSR count). The molecule has 2 aromatic rings. The highest BCUT2D eigenvalue weighted by Gasteiger charge is 2.20. The first kappa shape index (κ1) is 31.0. The van der Waals surface area contributed by atoms with Gasteiger partial charge in [0.1, 0.15) is 5.75 Å². The van der Waals surface area contributed by atoms with Crippen LogP contribution in [0, 0.1) is 12.3 Å². The average Bonchev–Trinajstić information content (AvgIpc) is 2.94. The van der Waals surface area contributed by atoms with E-state index in [1.165, 1.54) is 38.5 Å². The summed E-state index contributed by atoms with van der Waals surface area (Å²) in [4.78, 5) is 24.7. The molecular formula is C33H44O5. The van der Waals surface area contributed by atoms with Gasteiger partial charge in [-0.15, -0.1) is 12.3 Å². The van der Waals surface area contributed by atoms with Crippen molar-refractivity contribution >= 4 is 11.9 Å². The Morgan fingerprint density at radius 3 is 1.97 bits per heavy atom. The van der Waals surface area contributed by atoms with Crippen LogP contribution in [-0.2, 0) is 14.3 Å². The van der Waals surface area contributed by atoms with Gasteiger partial charge in [-0.25, -0.2) is 4.79 Å². The third-order valence-electron chi connectivity index (χ3n) is 6.34. The lowest BCUT2D eigenvalue weighted by molar-refractivity contribution is -0.169. The van der Waals surface area contributed by atoms with Gasteiger partial charge in [-0.05, 0) is 48.2 Å². The SMILES string of the molecule is C#CCCC(=O)OC(CCCCC)OC(=O)c1ccc(-c2ccc(OCCCCCCCCC)cc2)cc1. The molecule has 0 fully saturated rings. The average molecular weight is 521 g/mol. The minimum Gasteiger partial charge on any atom is -0.494 e. The van der Waals surface area contributed by atoms with Crippen LogP contribution in [0.3, 0.4) is 0 Å². The molecule has 5 nitrogen and oxygen atoms in total. The predicted molar refractivity (Wildman–Crippen MR) is 153 cm³/mol. The van der Waals surface area contributed by atoms with Crippen LogP contribution in [0.25, 0.3) is 11.1 Å². The van der Waals surface area contributed by atoms with Crippen molar-refractivity contribution in [1.82, 2.24) is 0 Å². The van der Waals surface area contributed by atoms with Crippen LogP contribution < -0.4 is 4.74 Å². The summed E-state index contributed by atoms with van der Waals surface area (Å²) in [5.74, 6) is 2.31. The predicted octanol–water partition coefficient (Wildman–Crippen LogP) is 8.50. The smallest absolute Gasteiger partial charge is 0.341 e. The minimum atomic E-state index is -0.910. The van der Waals surface area contributed by atoms with Crippen molar-refractivity contribution in [2.75, 3.05) is 6.61 Å². The number of hydrogen-bond acceptors (Lipinski definition) is 5. The van der Waals surface area contributed by atoms with E-state index in [-0.39, 0.29) is 6.42 Å². The molecule has 0 saturated heterocycles. The van der Waals surface area contributed by atoms with Crippen LogP contribution in [0.1, 0.15) is 108 Å². The second-order valence-corrected chi connectivity index (χ2v) is 9.60. The Balaban J connectivity index is 1.85. The molecule has 0 radical (unpaired) electrons. The lowest BCUT2D eigenvalue weighted by Gasteiger charge is -2.18. The number of carbonyl (C=O) groups is 2. The fraction of sp³-hybridized carbons (Fsp3) is 0.515. The number of ether oxygens (including phenoxy) is 3. The Kier molecular flexibility index (Phi) is 15.4. The Morgan fingerprint density at radius 1 is 0.763 bits per heavy atom. The van der Waals surface area contributed by atoms with E-state index in [4.69, 9.17) is 20.6 Å². The van der Waals surface area contributed by atoms with Crippen LogP contribution in [0.5, 0.6) is 5.75 Å². The van der Waals surface area contributed by atoms with Gasteiger partial charge in [0, 0.05) is 12.8 Å². The van der Waals surface area contributed by atoms with Crippen molar-refractivity contribution in [2.24, 2.45) is 0 Å². The number of esters is 2. The van der Waals surface area contributed by atoms with Gasteiger partial charge >= 0.3 is 11.9 Å². The summed E-state index contributed by atoms with van der Waals surface area (Å²) in [6.07, 6.45) is 16.8. The monoisotopic (exact) mass is 520 g/mol. The summed E-state index contributed by atoms with van der Waals surface area (Å²) < 4.78 is 16.8. The topological polar surface area (TPSA) is 61.8 Å². The molecule has 0 heterocycles. The highest BCUT2D eigenvalue weighted by molar-refractivity contribution is 5.90. The second kappa shape index (κ2) is 18.9. The molecule has 0 N–H and O–H groups in total. The Hall–Kier alpha value is -3.26.